The molecule has 6 rings (SSSR count). The van der Waals surface area contributed by atoms with Gasteiger partial charge in [0.05, 0.1) is 31.1 Å². The summed E-state index contributed by atoms with van der Waals surface area (Å²) in [5.41, 5.74) is 3.61. The van der Waals surface area contributed by atoms with Gasteiger partial charge in [-0.3, -0.25) is 9.59 Å². The van der Waals surface area contributed by atoms with Crippen LogP contribution in [0, 0.1) is 5.92 Å². The van der Waals surface area contributed by atoms with Crippen molar-refractivity contribution in [3.05, 3.63) is 60.2 Å². The molecule has 2 aliphatic carbocycles. The number of pyridine rings is 1. The zero-order chi connectivity index (χ0) is 28.5. The van der Waals surface area contributed by atoms with Gasteiger partial charge in [0.15, 0.2) is 5.65 Å². The molecule has 212 valence electrons. The van der Waals surface area contributed by atoms with E-state index in [2.05, 4.69) is 53.5 Å². The largest absolute Gasteiger partial charge is 0.481 e. The van der Waals surface area contributed by atoms with Crippen molar-refractivity contribution in [3.63, 3.8) is 0 Å². The lowest BCUT2D eigenvalue weighted by molar-refractivity contribution is -0.119. The van der Waals surface area contributed by atoms with Crippen LogP contribution in [-0.2, 0) is 9.59 Å². The van der Waals surface area contributed by atoms with E-state index in [-0.39, 0.29) is 36.2 Å². The lowest BCUT2D eigenvalue weighted by Gasteiger charge is -2.13. The van der Waals surface area contributed by atoms with Gasteiger partial charge in [-0.15, -0.1) is 0 Å². The number of rotatable bonds is 11. The average molecular weight is 557 g/mol. The Bertz CT molecular complexity index is 1600. The standard InChI is InChI=1S/C28H32N10O3/c1-15(21-13-38-12-17(16-4-5-16)8-20(27(38)35-21)31-11-24(39)29-2)34-22-10-23(33-14-32-22)36-28(40)19-9-18(19)26-30-7-6-25(37-26)41-3/h6-8,10,12-16,18-19,31H,4-5,9,11H2,1-3H3,(H,29,39)(H2,32,33,34,36,40)/t15-,18+,19+/m1/s1. The molecule has 2 saturated carbocycles. The van der Waals surface area contributed by atoms with Gasteiger partial charge in [0.1, 0.15) is 23.8 Å². The van der Waals surface area contributed by atoms with Crippen molar-refractivity contribution in [2.45, 2.75) is 44.1 Å². The molecule has 0 radical (unpaired) electrons. The molecule has 4 N–H and O–H groups in total. The Morgan fingerprint density at radius 2 is 1.95 bits per heavy atom. The number of carbonyl (C=O) groups is 2. The number of imidazole rings is 1. The summed E-state index contributed by atoms with van der Waals surface area (Å²) in [5, 5.41) is 12.1. The zero-order valence-electron chi connectivity index (χ0n) is 23.1. The number of nitrogens with one attached hydrogen (secondary N) is 4. The number of nitrogens with zero attached hydrogens (tertiary/aromatic N) is 6. The number of amides is 2. The summed E-state index contributed by atoms with van der Waals surface area (Å²) in [5.74, 6) is 2.08. The van der Waals surface area contributed by atoms with Gasteiger partial charge in [0, 0.05) is 49.6 Å². The molecule has 13 nitrogen and oxygen atoms in total. The topological polar surface area (TPSA) is 160 Å². The van der Waals surface area contributed by atoms with Crippen LogP contribution in [-0.4, -0.2) is 61.8 Å². The van der Waals surface area contributed by atoms with Crippen molar-refractivity contribution < 1.29 is 14.3 Å². The number of hydrogen-bond acceptors (Lipinski definition) is 10. The van der Waals surface area contributed by atoms with Crippen LogP contribution in [0.1, 0.15) is 61.1 Å². The Labute approximate surface area is 236 Å². The highest BCUT2D eigenvalue weighted by atomic mass is 16.5. The lowest BCUT2D eigenvalue weighted by Crippen LogP contribution is -2.26. The summed E-state index contributed by atoms with van der Waals surface area (Å²) in [6.07, 6.45) is 10.2. The summed E-state index contributed by atoms with van der Waals surface area (Å²) in [6, 6.07) is 5.28. The Balaban J connectivity index is 1.13. The van der Waals surface area contributed by atoms with Crippen LogP contribution in [0.3, 0.4) is 0 Å². The van der Waals surface area contributed by atoms with Gasteiger partial charge in [-0.25, -0.2) is 19.9 Å². The van der Waals surface area contributed by atoms with E-state index in [1.165, 1.54) is 24.7 Å². The van der Waals surface area contributed by atoms with Crippen molar-refractivity contribution in [2.75, 3.05) is 36.7 Å². The van der Waals surface area contributed by atoms with Crippen molar-refractivity contribution >= 4 is 34.8 Å². The van der Waals surface area contributed by atoms with Gasteiger partial charge in [0.2, 0.25) is 17.7 Å². The summed E-state index contributed by atoms with van der Waals surface area (Å²) in [7, 11) is 3.17. The predicted molar refractivity (Wildman–Crippen MR) is 152 cm³/mol. The molecule has 0 unspecified atom stereocenters. The van der Waals surface area contributed by atoms with E-state index in [1.54, 1.807) is 32.5 Å². The molecule has 4 heterocycles. The number of carbonyl (C=O) groups excluding carboxylic acids is 2. The number of aromatic nitrogens is 6. The second-order valence-electron chi connectivity index (χ2n) is 10.4. The van der Waals surface area contributed by atoms with Gasteiger partial charge < -0.3 is 30.4 Å². The molecule has 13 heteroatoms. The van der Waals surface area contributed by atoms with Crippen LogP contribution < -0.4 is 26.0 Å². The van der Waals surface area contributed by atoms with Crippen molar-refractivity contribution in [1.82, 2.24) is 34.6 Å². The van der Waals surface area contributed by atoms with Crippen LogP contribution in [0.2, 0.25) is 0 Å². The van der Waals surface area contributed by atoms with E-state index in [1.807, 2.05) is 17.5 Å². The number of methoxy groups -OCH3 is 1. The minimum Gasteiger partial charge on any atom is -0.481 e. The number of ether oxygens (including phenoxy) is 1. The maximum atomic E-state index is 12.9. The number of fused-ring (bicyclic) bond motifs is 1. The highest BCUT2D eigenvalue weighted by Crippen LogP contribution is 2.46. The first-order valence-corrected chi connectivity index (χ1v) is 13.6. The van der Waals surface area contributed by atoms with Gasteiger partial charge in [-0.05, 0) is 43.7 Å². The Kier molecular flexibility index (Phi) is 7.08. The molecule has 0 saturated heterocycles. The first kappa shape index (κ1) is 26.4. The normalized spacial score (nSPS) is 18.4. The lowest BCUT2D eigenvalue weighted by atomic mass is 10.2. The van der Waals surface area contributed by atoms with Gasteiger partial charge in [0.25, 0.3) is 0 Å². The molecule has 0 aliphatic heterocycles. The summed E-state index contributed by atoms with van der Waals surface area (Å²) in [4.78, 5) is 46.8. The van der Waals surface area contributed by atoms with E-state index in [9.17, 15) is 9.59 Å². The molecule has 41 heavy (non-hydrogen) atoms. The van der Waals surface area contributed by atoms with Crippen LogP contribution >= 0.6 is 0 Å². The van der Waals surface area contributed by atoms with Crippen LogP contribution in [0.25, 0.3) is 5.65 Å². The number of likely N-dealkylation sites (N-methyl/N-ethyl adjacent to an activating group) is 1. The molecule has 2 fully saturated rings. The fourth-order valence-electron chi connectivity index (χ4n) is 4.82. The van der Waals surface area contributed by atoms with Crippen LogP contribution in [0.15, 0.2) is 43.1 Å². The maximum Gasteiger partial charge on any atom is 0.239 e. The Morgan fingerprint density at radius 3 is 2.73 bits per heavy atom. The molecular formula is C28H32N10O3. The van der Waals surface area contributed by atoms with E-state index in [0.29, 0.717) is 35.7 Å². The van der Waals surface area contributed by atoms with Crippen LogP contribution in [0.5, 0.6) is 5.88 Å². The third kappa shape index (κ3) is 5.88. The summed E-state index contributed by atoms with van der Waals surface area (Å²) < 4.78 is 7.18. The van der Waals surface area contributed by atoms with E-state index >= 15 is 0 Å². The molecule has 0 bridgehead atoms. The monoisotopic (exact) mass is 556 g/mol. The molecule has 3 atom stereocenters. The second-order valence-corrected chi connectivity index (χ2v) is 10.4. The zero-order valence-corrected chi connectivity index (χ0v) is 23.1. The molecule has 4 aromatic heterocycles. The smallest absolute Gasteiger partial charge is 0.239 e. The number of anilines is 3. The van der Waals surface area contributed by atoms with Crippen molar-refractivity contribution in [1.29, 1.82) is 0 Å². The molecular weight excluding hydrogens is 524 g/mol. The minimum absolute atomic E-state index is 0.0456. The molecule has 2 amide bonds. The van der Waals surface area contributed by atoms with E-state index in [0.717, 1.165) is 17.0 Å². The fraction of sp³-hybridized carbons (Fsp3) is 0.393. The maximum absolute atomic E-state index is 12.9. The quantitative estimate of drug-likeness (QED) is 0.216. The van der Waals surface area contributed by atoms with Gasteiger partial charge in [-0.1, -0.05) is 0 Å². The van der Waals surface area contributed by atoms with E-state index < -0.39 is 0 Å². The van der Waals surface area contributed by atoms with E-state index in [4.69, 9.17) is 9.72 Å². The van der Waals surface area contributed by atoms with Gasteiger partial charge in [-0.2, -0.15) is 4.98 Å². The Morgan fingerprint density at radius 1 is 1.12 bits per heavy atom. The highest BCUT2D eigenvalue weighted by Gasteiger charge is 2.46. The predicted octanol–water partition coefficient (Wildman–Crippen LogP) is 2.87. The first-order chi connectivity index (χ1) is 19.9. The summed E-state index contributed by atoms with van der Waals surface area (Å²) in [6.45, 7) is 2.16. The molecule has 4 aromatic rings. The second kappa shape index (κ2) is 11.0. The average Bonchev–Trinajstić information content (AvgIpc) is 3.92. The highest BCUT2D eigenvalue weighted by molar-refractivity contribution is 5.94. The number of hydrogen-bond donors (Lipinski definition) is 4. The first-order valence-electron chi connectivity index (χ1n) is 13.6. The van der Waals surface area contributed by atoms with Crippen molar-refractivity contribution in [2.24, 2.45) is 5.92 Å². The van der Waals surface area contributed by atoms with Gasteiger partial charge >= 0.3 is 0 Å². The molecule has 0 aromatic carbocycles. The minimum atomic E-state index is -0.225. The van der Waals surface area contributed by atoms with Crippen molar-refractivity contribution in [3.8, 4) is 5.88 Å². The van der Waals surface area contributed by atoms with Crippen LogP contribution in [0.4, 0.5) is 17.3 Å². The Hall–Kier alpha value is -4.81. The fourth-order valence-corrected chi connectivity index (χ4v) is 4.82. The summed E-state index contributed by atoms with van der Waals surface area (Å²) >= 11 is 0. The third-order valence-electron chi connectivity index (χ3n) is 7.40. The molecule has 0 spiro atoms. The third-order valence-corrected chi connectivity index (χ3v) is 7.40. The molecule has 2 aliphatic rings. The SMILES string of the molecule is CNC(=O)CNc1cc(C2CC2)cn2cc([C@@H](C)Nc3cc(NC(=O)[C@H]4C[C@@H]4c4nccc(OC)n4)ncn3)nc12.